The van der Waals surface area contributed by atoms with Gasteiger partial charge in [-0.1, -0.05) is 90.2 Å². The molecule has 2 aromatic heterocycles. The van der Waals surface area contributed by atoms with Crippen LogP contribution in [0.15, 0.2) is 36.9 Å². The Hall–Kier alpha value is -1.41. The standard InChI is InChI=1S/C31H44OS2Si2/c1-12-15-32-27-25(35(10,11)31(7,8)9)16-20(4)17-26(27)36(13-2,14-3)30-23-18-21(5)33-28(23)29-24(30)19-22(6)34-29/h12,16-19,30H,1,13-15H2,2-11H3. The van der Waals surface area contributed by atoms with Gasteiger partial charge in [0.15, 0.2) is 0 Å². The van der Waals surface area contributed by atoms with Crippen molar-refractivity contribution in [3.8, 4) is 15.5 Å². The van der Waals surface area contributed by atoms with Gasteiger partial charge in [0.1, 0.15) is 20.4 Å². The van der Waals surface area contributed by atoms with Crippen molar-refractivity contribution in [1.29, 1.82) is 0 Å². The van der Waals surface area contributed by atoms with Crippen molar-refractivity contribution in [2.75, 3.05) is 6.61 Å². The van der Waals surface area contributed by atoms with E-state index >= 15 is 0 Å². The third-order valence-corrected chi connectivity index (χ3v) is 22.5. The highest BCUT2D eigenvalue weighted by molar-refractivity contribution is 7.23. The molecule has 1 nitrogen and oxygen atoms in total. The zero-order valence-electron chi connectivity index (χ0n) is 24.0. The van der Waals surface area contributed by atoms with Crippen molar-refractivity contribution < 1.29 is 4.74 Å². The van der Waals surface area contributed by atoms with E-state index in [9.17, 15) is 0 Å². The molecule has 0 saturated carbocycles. The second-order valence-electron chi connectivity index (χ2n) is 12.2. The monoisotopic (exact) mass is 552 g/mol. The van der Waals surface area contributed by atoms with Crippen LogP contribution in [0.2, 0.25) is 30.2 Å². The Morgan fingerprint density at radius 2 is 1.39 bits per heavy atom. The maximum atomic E-state index is 6.77. The Labute approximate surface area is 229 Å². The van der Waals surface area contributed by atoms with Crippen molar-refractivity contribution in [3.05, 3.63) is 63.4 Å². The van der Waals surface area contributed by atoms with Gasteiger partial charge < -0.3 is 4.74 Å². The first-order valence-corrected chi connectivity index (χ1v) is 20.5. The number of benzene rings is 1. The summed E-state index contributed by atoms with van der Waals surface area (Å²) < 4.78 is 6.77. The average Bonchev–Trinajstić information content (AvgIpc) is 3.43. The molecule has 2 heterocycles. The van der Waals surface area contributed by atoms with Gasteiger partial charge in [-0.05, 0) is 59.4 Å². The topological polar surface area (TPSA) is 9.23 Å². The zero-order chi connectivity index (χ0) is 26.6. The Morgan fingerprint density at radius 3 is 1.83 bits per heavy atom. The van der Waals surface area contributed by atoms with E-state index in [0.29, 0.717) is 12.1 Å². The van der Waals surface area contributed by atoms with Crippen LogP contribution in [0.1, 0.15) is 66.6 Å². The van der Waals surface area contributed by atoms with Crippen LogP contribution in [0.3, 0.4) is 0 Å². The van der Waals surface area contributed by atoms with E-state index in [1.165, 1.54) is 48.1 Å². The highest BCUT2D eigenvalue weighted by atomic mass is 32.1. The molecule has 0 fully saturated rings. The quantitative estimate of drug-likeness (QED) is 0.200. The fourth-order valence-corrected chi connectivity index (χ4v) is 16.1. The first-order chi connectivity index (χ1) is 16.8. The van der Waals surface area contributed by atoms with Crippen LogP contribution in [0.5, 0.6) is 5.75 Å². The van der Waals surface area contributed by atoms with E-state index in [2.05, 4.69) is 99.3 Å². The Balaban J connectivity index is 2.07. The number of hydrogen-bond acceptors (Lipinski definition) is 3. The fourth-order valence-electron chi connectivity index (χ4n) is 6.12. The van der Waals surface area contributed by atoms with Gasteiger partial charge in [0, 0.05) is 25.0 Å². The predicted octanol–water partition coefficient (Wildman–Crippen LogP) is 9.06. The van der Waals surface area contributed by atoms with Crippen molar-refractivity contribution in [3.63, 3.8) is 0 Å². The third kappa shape index (κ3) is 4.24. The van der Waals surface area contributed by atoms with Crippen LogP contribution in [0.25, 0.3) is 9.75 Å². The second-order valence-corrected chi connectivity index (χ2v) is 24.9. The number of rotatable bonds is 8. The minimum absolute atomic E-state index is 0.232. The molecule has 1 aliphatic carbocycles. The smallest absolute Gasteiger partial charge is 0.118 e. The predicted molar refractivity (Wildman–Crippen MR) is 169 cm³/mol. The van der Waals surface area contributed by atoms with Gasteiger partial charge in [-0.15, -0.1) is 22.7 Å². The molecule has 1 aliphatic rings. The first kappa shape index (κ1) is 27.6. The van der Waals surface area contributed by atoms with Crippen LogP contribution in [-0.4, -0.2) is 22.8 Å². The molecule has 0 unspecified atom stereocenters. The normalized spacial score (nSPS) is 14.2. The molecule has 194 valence electrons. The summed E-state index contributed by atoms with van der Waals surface area (Å²) in [5.41, 5.74) is 5.07. The molecule has 0 saturated heterocycles. The van der Waals surface area contributed by atoms with Gasteiger partial charge in [-0.3, -0.25) is 0 Å². The Kier molecular flexibility index (Phi) is 7.46. The van der Waals surface area contributed by atoms with Gasteiger partial charge in [0.2, 0.25) is 0 Å². The molecule has 0 atom stereocenters. The summed E-state index contributed by atoms with van der Waals surface area (Å²) >= 11 is 3.99. The fraction of sp³-hybridized carbons (Fsp3) is 0.484. The largest absolute Gasteiger partial charge is 0.490 e. The molecule has 0 aliphatic heterocycles. The number of ether oxygens (including phenoxy) is 1. The van der Waals surface area contributed by atoms with Gasteiger partial charge in [-0.2, -0.15) is 0 Å². The maximum absolute atomic E-state index is 6.77. The van der Waals surface area contributed by atoms with Crippen LogP contribution in [0, 0.1) is 20.8 Å². The summed E-state index contributed by atoms with van der Waals surface area (Å²) in [5.74, 6) is 1.20. The lowest BCUT2D eigenvalue weighted by molar-refractivity contribution is 0.368. The molecular weight excluding hydrogens is 509 g/mol. The van der Waals surface area contributed by atoms with E-state index < -0.39 is 16.1 Å². The number of thiophene rings is 2. The third-order valence-electron chi connectivity index (χ3n) is 9.07. The lowest BCUT2D eigenvalue weighted by Crippen LogP contribution is -2.57. The van der Waals surface area contributed by atoms with Crippen LogP contribution in [0.4, 0.5) is 0 Å². The van der Waals surface area contributed by atoms with E-state index in [-0.39, 0.29) is 5.04 Å². The molecule has 0 N–H and O–H groups in total. The zero-order valence-corrected chi connectivity index (χ0v) is 27.7. The summed E-state index contributed by atoms with van der Waals surface area (Å²) in [6.45, 7) is 28.7. The highest BCUT2D eigenvalue weighted by Gasteiger charge is 2.50. The average molecular weight is 553 g/mol. The van der Waals surface area contributed by atoms with E-state index in [1.54, 1.807) is 16.3 Å². The highest BCUT2D eigenvalue weighted by Crippen LogP contribution is 2.57. The van der Waals surface area contributed by atoms with Crippen LogP contribution in [-0.2, 0) is 0 Å². The van der Waals surface area contributed by atoms with Crippen molar-refractivity contribution in [1.82, 2.24) is 0 Å². The van der Waals surface area contributed by atoms with Crippen LogP contribution < -0.4 is 15.1 Å². The number of aryl methyl sites for hydroxylation is 3. The summed E-state index contributed by atoms with van der Waals surface area (Å²) in [7, 11) is -3.93. The Morgan fingerprint density at radius 1 is 0.889 bits per heavy atom. The second kappa shape index (κ2) is 9.72. The van der Waals surface area contributed by atoms with Crippen molar-refractivity contribution in [2.45, 2.75) is 91.2 Å². The molecule has 0 radical (unpaired) electrons. The van der Waals surface area contributed by atoms with Gasteiger partial charge in [-0.25, -0.2) is 0 Å². The molecule has 36 heavy (non-hydrogen) atoms. The first-order valence-electron chi connectivity index (χ1n) is 13.4. The summed E-state index contributed by atoms with van der Waals surface area (Å²) in [6, 6.07) is 12.4. The number of hydrogen-bond donors (Lipinski definition) is 0. The maximum Gasteiger partial charge on any atom is 0.118 e. The van der Waals surface area contributed by atoms with E-state index in [4.69, 9.17) is 4.74 Å². The van der Waals surface area contributed by atoms with Crippen molar-refractivity contribution in [2.24, 2.45) is 0 Å². The molecule has 3 aromatic rings. The minimum atomic E-state index is -2.08. The Bertz CT molecular complexity index is 1240. The molecule has 5 heteroatoms. The molecular formula is C31H44OS2Si2. The molecule has 0 bridgehead atoms. The lowest BCUT2D eigenvalue weighted by Gasteiger charge is -2.42. The SMILES string of the molecule is C=CCOc1c([Si](CC)(CC)C2c3cc(C)sc3-c3sc(C)cc32)cc(C)cc1[Si](C)(C)C(C)(C)C. The van der Waals surface area contributed by atoms with Crippen LogP contribution >= 0.6 is 22.7 Å². The minimum Gasteiger partial charge on any atom is -0.490 e. The van der Waals surface area contributed by atoms with Gasteiger partial charge in [0.25, 0.3) is 0 Å². The van der Waals surface area contributed by atoms with Crippen molar-refractivity contribution >= 4 is 49.2 Å². The molecule has 0 amide bonds. The van der Waals surface area contributed by atoms with Gasteiger partial charge in [0.05, 0.1) is 8.07 Å². The van der Waals surface area contributed by atoms with Gasteiger partial charge >= 0.3 is 0 Å². The van der Waals surface area contributed by atoms with E-state index in [0.717, 1.165) is 0 Å². The summed E-state index contributed by atoms with van der Waals surface area (Å²) in [5, 5.41) is 3.27. The lowest BCUT2D eigenvalue weighted by atomic mass is 10.2. The molecule has 0 spiro atoms. The summed E-state index contributed by atoms with van der Waals surface area (Å²) in [6.07, 6.45) is 1.91. The molecule has 1 aromatic carbocycles. The summed E-state index contributed by atoms with van der Waals surface area (Å²) in [4.78, 5) is 5.95. The van der Waals surface area contributed by atoms with E-state index in [1.807, 2.05) is 28.7 Å². The molecule has 4 rings (SSSR count). The number of fused-ring (bicyclic) bond motifs is 3.